The van der Waals surface area contributed by atoms with Gasteiger partial charge in [-0.3, -0.25) is 4.79 Å². The molecule has 0 saturated heterocycles. The molecular formula is C20H31ClO3. The Kier molecular flexibility index (Phi) is 11.4. The minimum absolute atomic E-state index is 0.127. The second kappa shape index (κ2) is 13.1. The monoisotopic (exact) mass is 354 g/mol. The van der Waals surface area contributed by atoms with Crippen molar-refractivity contribution in [1.29, 1.82) is 0 Å². The van der Waals surface area contributed by atoms with E-state index in [1.807, 2.05) is 19.1 Å². The van der Waals surface area contributed by atoms with Crippen molar-refractivity contribution < 1.29 is 14.3 Å². The third-order valence-electron chi connectivity index (χ3n) is 3.93. The first-order valence-electron chi connectivity index (χ1n) is 9.18. The van der Waals surface area contributed by atoms with E-state index in [0.29, 0.717) is 31.1 Å². The number of aryl methyl sites for hydroxylation is 1. The van der Waals surface area contributed by atoms with Crippen LogP contribution in [0.25, 0.3) is 0 Å². The summed E-state index contributed by atoms with van der Waals surface area (Å²) in [6.45, 7) is 5.23. The number of hydrogen-bond donors (Lipinski definition) is 0. The molecule has 0 unspecified atom stereocenters. The van der Waals surface area contributed by atoms with E-state index in [9.17, 15) is 4.79 Å². The molecule has 0 amide bonds. The van der Waals surface area contributed by atoms with Crippen molar-refractivity contribution in [2.75, 3.05) is 13.2 Å². The van der Waals surface area contributed by atoms with E-state index < -0.39 is 0 Å². The summed E-state index contributed by atoms with van der Waals surface area (Å²) in [5, 5.41) is 0.703. The minimum atomic E-state index is -0.127. The molecule has 1 aromatic carbocycles. The molecule has 0 aliphatic carbocycles. The lowest BCUT2D eigenvalue weighted by Gasteiger charge is -2.09. The van der Waals surface area contributed by atoms with Gasteiger partial charge in [-0.25, -0.2) is 0 Å². The van der Waals surface area contributed by atoms with Gasteiger partial charge in [-0.15, -0.1) is 0 Å². The first-order valence-corrected chi connectivity index (χ1v) is 9.56. The largest absolute Gasteiger partial charge is 0.493 e. The van der Waals surface area contributed by atoms with Crippen LogP contribution in [0.15, 0.2) is 18.2 Å². The van der Waals surface area contributed by atoms with Gasteiger partial charge in [0.05, 0.1) is 13.2 Å². The number of esters is 1. The third-order valence-corrected chi connectivity index (χ3v) is 4.17. The van der Waals surface area contributed by atoms with E-state index in [-0.39, 0.29) is 5.97 Å². The van der Waals surface area contributed by atoms with E-state index in [1.54, 1.807) is 6.07 Å². The van der Waals surface area contributed by atoms with Gasteiger partial charge in [0.1, 0.15) is 5.75 Å². The number of unbranched alkanes of at least 4 members (excludes halogenated alkanes) is 6. The Labute approximate surface area is 151 Å². The van der Waals surface area contributed by atoms with Crippen LogP contribution in [0.3, 0.4) is 0 Å². The molecule has 0 N–H and O–H groups in total. The van der Waals surface area contributed by atoms with Crippen molar-refractivity contribution in [2.45, 2.75) is 71.6 Å². The van der Waals surface area contributed by atoms with Crippen molar-refractivity contribution in [2.24, 2.45) is 0 Å². The average molecular weight is 355 g/mol. The lowest BCUT2D eigenvalue weighted by Crippen LogP contribution is -2.08. The zero-order chi connectivity index (χ0) is 17.6. The van der Waals surface area contributed by atoms with Crippen molar-refractivity contribution in [1.82, 2.24) is 0 Å². The summed E-state index contributed by atoms with van der Waals surface area (Å²) in [6, 6.07) is 5.53. The first kappa shape index (κ1) is 20.8. The number of ether oxygens (including phenoxy) is 2. The van der Waals surface area contributed by atoms with Gasteiger partial charge in [0.15, 0.2) is 0 Å². The molecule has 0 bridgehead atoms. The molecule has 1 aromatic rings. The standard InChI is InChI=1S/C20H31ClO3/c1-3-4-5-6-7-8-9-14-24-20(22)11-10-15-23-19-13-12-18(21)16-17(19)2/h12-13,16H,3-11,14-15H2,1-2H3. The number of carbonyl (C=O) groups is 1. The molecule has 0 heterocycles. The molecule has 3 nitrogen and oxygen atoms in total. The first-order chi connectivity index (χ1) is 11.6. The second-order valence-corrected chi connectivity index (χ2v) is 6.64. The Morgan fingerprint density at radius 3 is 2.42 bits per heavy atom. The summed E-state index contributed by atoms with van der Waals surface area (Å²) in [6.07, 6.45) is 9.65. The van der Waals surface area contributed by atoms with Crippen LogP contribution in [0.1, 0.15) is 70.3 Å². The van der Waals surface area contributed by atoms with Crippen LogP contribution in [-0.2, 0) is 9.53 Å². The fourth-order valence-corrected chi connectivity index (χ4v) is 2.72. The zero-order valence-electron chi connectivity index (χ0n) is 15.1. The summed E-state index contributed by atoms with van der Waals surface area (Å²) < 4.78 is 10.9. The highest BCUT2D eigenvalue weighted by Crippen LogP contribution is 2.21. The molecule has 0 aromatic heterocycles. The highest BCUT2D eigenvalue weighted by atomic mass is 35.5. The molecule has 0 saturated carbocycles. The second-order valence-electron chi connectivity index (χ2n) is 6.20. The molecule has 0 spiro atoms. The number of benzene rings is 1. The summed E-state index contributed by atoms with van der Waals surface area (Å²) in [4.78, 5) is 11.6. The van der Waals surface area contributed by atoms with E-state index in [2.05, 4.69) is 6.92 Å². The van der Waals surface area contributed by atoms with E-state index in [4.69, 9.17) is 21.1 Å². The summed E-state index contributed by atoms with van der Waals surface area (Å²) in [5.41, 5.74) is 1.00. The fraction of sp³-hybridized carbons (Fsp3) is 0.650. The van der Waals surface area contributed by atoms with Crippen molar-refractivity contribution in [3.05, 3.63) is 28.8 Å². The lowest BCUT2D eigenvalue weighted by atomic mass is 10.1. The Morgan fingerprint density at radius 2 is 1.71 bits per heavy atom. The van der Waals surface area contributed by atoms with Crippen molar-refractivity contribution in [3.63, 3.8) is 0 Å². The molecule has 24 heavy (non-hydrogen) atoms. The maximum Gasteiger partial charge on any atom is 0.305 e. The maximum absolute atomic E-state index is 11.6. The van der Waals surface area contributed by atoms with Gasteiger partial charge in [-0.05, 0) is 43.5 Å². The number of carbonyl (C=O) groups excluding carboxylic acids is 1. The van der Waals surface area contributed by atoms with Gasteiger partial charge >= 0.3 is 5.97 Å². The average Bonchev–Trinajstić information content (AvgIpc) is 2.55. The quantitative estimate of drug-likeness (QED) is 0.317. The van der Waals surface area contributed by atoms with Crippen molar-refractivity contribution >= 4 is 17.6 Å². The van der Waals surface area contributed by atoms with Gasteiger partial charge in [-0.1, -0.05) is 57.0 Å². The number of hydrogen-bond acceptors (Lipinski definition) is 3. The Hall–Kier alpha value is -1.22. The van der Waals surface area contributed by atoms with Crippen LogP contribution < -0.4 is 4.74 Å². The summed E-state index contributed by atoms with van der Waals surface area (Å²) >= 11 is 5.91. The van der Waals surface area contributed by atoms with Gasteiger partial charge in [0.25, 0.3) is 0 Å². The van der Waals surface area contributed by atoms with Crippen molar-refractivity contribution in [3.8, 4) is 5.75 Å². The number of rotatable bonds is 13. The van der Waals surface area contributed by atoms with E-state index >= 15 is 0 Å². The van der Waals surface area contributed by atoms with E-state index in [1.165, 1.54) is 32.1 Å². The SMILES string of the molecule is CCCCCCCCCOC(=O)CCCOc1ccc(Cl)cc1C. The molecule has 1 rings (SSSR count). The van der Waals surface area contributed by atoms with E-state index in [0.717, 1.165) is 24.2 Å². The van der Waals surface area contributed by atoms with Gasteiger partial charge in [-0.2, -0.15) is 0 Å². The van der Waals surface area contributed by atoms with Gasteiger partial charge < -0.3 is 9.47 Å². The highest BCUT2D eigenvalue weighted by molar-refractivity contribution is 6.30. The Morgan fingerprint density at radius 1 is 1.00 bits per heavy atom. The normalized spacial score (nSPS) is 10.6. The molecular weight excluding hydrogens is 324 g/mol. The highest BCUT2D eigenvalue weighted by Gasteiger charge is 2.04. The van der Waals surface area contributed by atoms with Crippen LogP contribution in [0.4, 0.5) is 0 Å². The van der Waals surface area contributed by atoms with Crippen LogP contribution >= 0.6 is 11.6 Å². The van der Waals surface area contributed by atoms with Crippen LogP contribution in [0.2, 0.25) is 5.02 Å². The summed E-state index contributed by atoms with van der Waals surface area (Å²) in [5.74, 6) is 0.688. The Balaban J connectivity index is 1.98. The summed E-state index contributed by atoms with van der Waals surface area (Å²) in [7, 11) is 0. The minimum Gasteiger partial charge on any atom is -0.493 e. The van der Waals surface area contributed by atoms with Gasteiger partial charge in [0, 0.05) is 11.4 Å². The molecule has 0 atom stereocenters. The fourth-order valence-electron chi connectivity index (χ4n) is 2.49. The zero-order valence-corrected chi connectivity index (χ0v) is 15.9. The molecule has 0 radical (unpaired) electrons. The third kappa shape index (κ3) is 9.82. The Bertz CT molecular complexity index is 474. The lowest BCUT2D eigenvalue weighted by molar-refractivity contribution is -0.144. The van der Waals surface area contributed by atoms with Crippen LogP contribution in [0.5, 0.6) is 5.75 Å². The molecule has 0 aliphatic rings. The topological polar surface area (TPSA) is 35.5 Å². The molecule has 0 fully saturated rings. The maximum atomic E-state index is 11.6. The number of halogens is 1. The van der Waals surface area contributed by atoms with Crippen LogP contribution in [0, 0.1) is 6.92 Å². The predicted octanol–water partition coefficient (Wildman–Crippen LogP) is 6.10. The smallest absolute Gasteiger partial charge is 0.305 e. The molecule has 136 valence electrons. The van der Waals surface area contributed by atoms with Gasteiger partial charge in [0.2, 0.25) is 0 Å². The molecule has 0 aliphatic heterocycles. The molecule has 4 heteroatoms. The van der Waals surface area contributed by atoms with Crippen LogP contribution in [-0.4, -0.2) is 19.2 Å². The predicted molar refractivity (Wildman–Crippen MR) is 99.9 cm³/mol.